The van der Waals surface area contributed by atoms with Crippen molar-refractivity contribution in [1.82, 2.24) is 0 Å². The van der Waals surface area contributed by atoms with Crippen molar-refractivity contribution >= 4 is 17.1 Å². The lowest BCUT2D eigenvalue weighted by atomic mass is 9.80. The Hall–Kier alpha value is -5.49. The Bertz CT molecular complexity index is 2190. The molecule has 0 amide bonds. The Balaban J connectivity index is 1.17. The number of allylic oxidation sites excluding steroid dienone is 6. The van der Waals surface area contributed by atoms with E-state index in [1.807, 2.05) is 12.1 Å². The quantitative estimate of drug-likeness (QED) is 0.0502. The summed E-state index contributed by atoms with van der Waals surface area (Å²) in [5, 5.41) is 9.65. The normalized spacial score (nSPS) is 16.6. The van der Waals surface area contributed by atoms with Gasteiger partial charge in [0.05, 0.1) is 19.1 Å². The van der Waals surface area contributed by atoms with E-state index in [4.69, 9.17) is 9.47 Å². The van der Waals surface area contributed by atoms with E-state index in [1.54, 1.807) is 7.11 Å². The van der Waals surface area contributed by atoms with Crippen molar-refractivity contribution in [2.75, 3.05) is 38.3 Å². The first-order valence-electron chi connectivity index (χ1n) is 19.9. The first-order chi connectivity index (χ1) is 27.2. The van der Waals surface area contributed by atoms with Gasteiger partial charge in [-0.3, -0.25) is 0 Å². The summed E-state index contributed by atoms with van der Waals surface area (Å²) in [6.07, 6.45) is 12.5. The second-order valence-electron chi connectivity index (χ2n) is 15.7. The number of fused-ring (bicyclic) bond motifs is 2. The zero-order valence-electron chi connectivity index (χ0n) is 33.5. The molecule has 56 heavy (non-hydrogen) atoms. The minimum Gasteiger partial charge on any atom is -0.497 e. The van der Waals surface area contributed by atoms with Gasteiger partial charge in [0.25, 0.3) is 0 Å². The molecule has 2 aliphatic rings. The second kappa shape index (κ2) is 16.7. The van der Waals surface area contributed by atoms with Gasteiger partial charge in [0.2, 0.25) is 5.69 Å². The molecule has 0 fully saturated rings. The Morgan fingerprint density at radius 1 is 0.661 bits per heavy atom. The second-order valence-corrected chi connectivity index (χ2v) is 15.7. The third kappa shape index (κ3) is 7.30. The zero-order valence-corrected chi connectivity index (χ0v) is 33.5. The third-order valence-electron chi connectivity index (χ3n) is 11.6. The molecule has 0 spiro atoms. The highest BCUT2D eigenvalue weighted by atomic mass is 16.5. The van der Waals surface area contributed by atoms with E-state index in [0.29, 0.717) is 6.61 Å². The van der Waals surface area contributed by atoms with E-state index < -0.39 is 5.60 Å². The zero-order chi connectivity index (χ0) is 39.2. The number of ether oxygens (including phenoxy) is 2. The monoisotopic (exact) mass is 743 g/mol. The summed E-state index contributed by atoms with van der Waals surface area (Å²) in [5.41, 5.74) is 9.78. The molecule has 0 unspecified atom stereocenters. The molecule has 7 rings (SSSR count). The van der Waals surface area contributed by atoms with E-state index >= 15 is 0 Å². The van der Waals surface area contributed by atoms with Crippen LogP contribution in [-0.2, 0) is 21.2 Å². The highest BCUT2D eigenvalue weighted by molar-refractivity contribution is 6.03. The number of benzene rings is 5. The van der Waals surface area contributed by atoms with Crippen molar-refractivity contribution < 1.29 is 19.2 Å². The van der Waals surface area contributed by atoms with E-state index in [0.717, 1.165) is 48.4 Å². The molecule has 5 nitrogen and oxygen atoms in total. The number of anilines is 1. The van der Waals surface area contributed by atoms with Crippen LogP contribution in [0.1, 0.15) is 68.4 Å². The van der Waals surface area contributed by atoms with Crippen molar-refractivity contribution in [3.8, 4) is 5.75 Å². The summed E-state index contributed by atoms with van der Waals surface area (Å²) in [7, 11) is 1.70. The third-order valence-corrected chi connectivity index (χ3v) is 11.6. The van der Waals surface area contributed by atoms with Crippen LogP contribution in [0.2, 0.25) is 0 Å². The van der Waals surface area contributed by atoms with Gasteiger partial charge < -0.3 is 19.5 Å². The van der Waals surface area contributed by atoms with Crippen LogP contribution in [0.5, 0.6) is 5.75 Å². The fourth-order valence-electron chi connectivity index (χ4n) is 8.72. The summed E-state index contributed by atoms with van der Waals surface area (Å²) in [5.74, 6) is 0.815. The van der Waals surface area contributed by atoms with Gasteiger partial charge in [0.15, 0.2) is 12.3 Å². The van der Waals surface area contributed by atoms with Gasteiger partial charge in [0.1, 0.15) is 11.4 Å². The van der Waals surface area contributed by atoms with Crippen molar-refractivity contribution in [1.29, 1.82) is 0 Å². The van der Waals surface area contributed by atoms with Gasteiger partial charge in [-0.25, -0.2) is 0 Å². The van der Waals surface area contributed by atoms with Crippen LogP contribution >= 0.6 is 0 Å². The van der Waals surface area contributed by atoms with Gasteiger partial charge in [-0.2, -0.15) is 4.58 Å². The molecule has 0 aliphatic carbocycles. The standard InChI is InChI=1S/C51H55N2O3/c1-49(2)43-25-15-17-27-45(43)52(35-19-37-54)47(49)29-13-8-14-30-48-50(3,4)44-26-16-18-28-46(44)53(48)36-20-38-56-51(39-21-9-6-10-22-39,40-23-11-7-12-24-40)41-31-33-42(55-5)34-32-41/h6-18,21-34,54H,19-20,35-38H2,1-5H3/q+1. The number of aliphatic hydroxyl groups excluding tert-OH is 1. The van der Waals surface area contributed by atoms with Gasteiger partial charge in [-0.1, -0.05) is 141 Å². The molecule has 0 saturated carbocycles. The molecule has 0 bridgehead atoms. The number of methoxy groups -OCH3 is 1. The smallest absolute Gasteiger partial charge is 0.209 e. The Labute approximate surface area is 333 Å². The fourth-order valence-corrected chi connectivity index (χ4v) is 8.72. The molecule has 5 heteroatoms. The maximum absolute atomic E-state index is 9.65. The number of hydrogen-bond acceptors (Lipinski definition) is 4. The summed E-state index contributed by atoms with van der Waals surface area (Å²) in [4.78, 5) is 2.37. The van der Waals surface area contributed by atoms with Crippen LogP contribution in [0, 0.1) is 0 Å². The van der Waals surface area contributed by atoms with Crippen LogP contribution in [0.4, 0.5) is 11.4 Å². The van der Waals surface area contributed by atoms with Crippen LogP contribution in [0.3, 0.4) is 0 Å². The average Bonchev–Trinajstić information content (AvgIpc) is 3.58. The molecule has 1 N–H and O–H groups in total. The molecule has 0 radical (unpaired) electrons. The number of hydrogen-bond donors (Lipinski definition) is 1. The molecular weight excluding hydrogens is 689 g/mol. The SMILES string of the molecule is COc1ccc(C(OCCC[N+]2=C(/C=C/C=C/C=C3/N(CCCO)c4ccccc4C3(C)C)C(C)(C)c3ccccc32)(c2ccccc2)c2ccccc2)cc1. The maximum atomic E-state index is 9.65. The molecule has 5 aromatic carbocycles. The van der Waals surface area contributed by atoms with Crippen molar-refractivity contribution in [2.45, 2.75) is 57.0 Å². The molecule has 0 saturated heterocycles. The van der Waals surface area contributed by atoms with Crippen LogP contribution < -0.4 is 9.64 Å². The highest BCUT2D eigenvalue weighted by Gasteiger charge is 2.44. The van der Waals surface area contributed by atoms with E-state index in [9.17, 15) is 5.11 Å². The van der Waals surface area contributed by atoms with Gasteiger partial charge >= 0.3 is 0 Å². The maximum Gasteiger partial charge on any atom is 0.209 e. The lowest BCUT2D eigenvalue weighted by Crippen LogP contribution is -2.34. The molecule has 0 aromatic heterocycles. The van der Waals surface area contributed by atoms with Crippen molar-refractivity contribution in [3.05, 3.63) is 197 Å². The van der Waals surface area contributed by atoms with Crippen molar-refractivity contribution in [3.63, 3.8) is 0 Å². The molecule has 5 aromatic rings. The first kappa shape index (κ1) is 38.8. The predicted molar refractivity (Wildman–Crippen MR) is 230 cm³/mol. The predicted octanol–water partition coefficient (Wildman–Crippen LogP) is 10.6. The van der Waals surface area contributed by atoms with Gasteiger partial charge in [0, 0.05) is 54.1 Å². The topological polar surface area (TPSA) is 44.9 Å². The lowest BCUT2D eigenvalue weighted by molar-refractivity contribution is -0.439. The minimum atomic E-state index is -0.800. The highest BCUT2D eigenvalue weighted by Crippen LogP contribution is 2.48. The average molecular weight is 744 g/mol. The van der Waals surface area contributed by atoms with E-state index in [2.05, 4.69) is 189 Å². The summed E-state index contributed by atoms with van der Waals surface area (Å²) >= 11 is 0. The number of nitrogens with zero attached hydrogens (tertiary/aromatic N) is 2. The Morgan fingerprint density at radius 2 is 1.27 bits per heavy atom. The fraction of sp³-hybridized carbons (Fsp3) is 0.275. The van der Waals surface area contributed by atoms with Crippen molar-refractivity contribution in [2.24, 2.45) is 0 Å². The number of para-hydroxylation sites is 2. The summed E-state index contributed by atoms with van der Waals surface area (Å²) < 4.78 is 15.2. The molecule has 286 valence electrons. The van der Waals surface area contributed by atoms with Gasteiger partial charge in [-0.15, -0.1) is 0 Å². The molecule has 2 aliphatic heterocycles. The van der Waals surface area contributed by atoms with E-state index in [1.165, 1.54) is 33.9 Å². The van der Waals surface area contributed by atoms with E-state index in [-0.39, 0.29) is 17.4 Å². The van der Waals surface area contributed by atoms with Crippen LogP contribution in [0.15, 0.2) is 170 Å². The number of aliphatic hydroxyl groups is 1. The van der Waals surface area contributed by atoms with Gasteiger partial charge in [-0.05, 0) is 66.8 Å². The minimum absolute atomic E-state index is 0.130. The molecule has 2 heterocycles. The lowest BCUT2D eigenvalue weighted by Gasteiger charge is -2.36. The molecule has 0 atom stereocenters. The molecular formula is C51H55N2O3+. The Kier molecular flexibility index (Phi) is 11.6. The Morgan fingerprint density at radius 3 is 1.93 bits per heavy atom. The van der Waals surface area contributed by atoms with Crippen LogP contribution in [-0.4, -0.2) is 48.8 Å². The first-order valence-corrected chi connectivity index (χ1v) is 19.9. The van der Waals surface area contributed by atoms with Crippen LogP contribution in [0.25, 0.3) is 0 Å². The number of rotatable bonds is 15. The largest absolute Gasteiger partial charge is 0.497 e. The summed E-state index contributed by atoms with van der Waals surface area (Å²) in [6, 6.07) is 46.8. The summed E-state index contributed by atoms with van der Waals surface area (Å²) in [6.45, 7) is 11.5.